The molecule has 2 aromatic rings. The molecule has 0 aliphatic heterocycles. The average Bonchev–Trinajstić information content (AvgIpc) is 2.85. The third-order valence-corrected chi connectivity index (χ3v) is 2.87. The second-order valence-electron chi connectivity index (χ2n) is 3.78. The van der Waals surface area contributed by atoms with Crippen molar-refractivity contribution >= 4 is 23.3 Å². The Balaban J connectivity index is 2.08. The predicted octanol–water partition coefficient (Wildman–Crippen LogP) is 3.25. The normalized spacial score (nSPS) is 10.2. The summed E-state index contributed by atoms with van der Waals surface area (Å²) in [4.78, 5) is 10.9. The van der Waals surface area contributed by atoms with Crippen molar-refractivity contribution in [1.29, 1.82) is 0 Å². The number of ether oxygens (including phenoxy) is 1. The molecule has 2 rings (SSSR count). The Morgan fingerprint density at radius 1 is 1.47 bits per heavy atom. The van der Waals surface area contributed by atoms with Gasteiger partial charge >= 0.3 is 5.97 Å². The number of carboxylic acid groups (broad SMARTS) is 1. The fourth-order valence-corrected chi connectivity index (χ4v) is 1.89. The second-order valence-corrected chi connectivity index (χ2v) is 4.19. The molecule has 0 saturated heterocycles. The molecule has 19 heavy (non-hydrogen) atoms. The van der Waals surface area contributed by atoms with Gasteiger partial charge < -0.3 is 19.6 Å². The molecule has 0 bridgehead atoms. The van der Waals surface area contributed by atoms with Crippen LogP contribution in [0.15, 0.2) is 34.9 Å². The van der Waals surface area contributed by atoms with E-state index in [9.17, 15) is 4.79 Å². The highest BCUT2D eigenvalue weighted by atomic mass is 35.5. The number of anilines is 1. The Morgan fingerprint density at radius 2 is 2.26 bits per heavy atom. The van der Waals surface area contributed by atoms with Gasteiger partial charge in [0.05, 0.1) is 18.4 Å². The lowest BCUT2D eigenvalue weighted by Gasteiger charge is -2.08. The molecule has 5 nitrogen and oxygen atoms in total. The first-order valence-corrected chi connectivity index (χ1v) is 5.86. The minimum Gasteiger partial charge on any atom is -0.495 e. The van der Waals surface area contributed by atoms with Gasteiger partial charge in [-0.25, -0.2) is 4.79 Å². The van der Waals surface area contributed by atoms with Gasteiger partial charge in [-0.1, -0.05) is 11.6 Å². The van der Waals surface area contributed by atoms with Crippen molar-refractivity contribution in [3.8, 4) is 5.75 Å². The van der Waals surface area contributed by atoms with Crippen molar-refractivity contribution in [2.45, 2.75) is 6.54 Å². The summed E-state index contributed by atoms with van der Waals surface area (Å²) in [6, 6.07) is 6.85. The average molecular weight is 282 g/mol. The zero-order valence-corrected chi connectivity index (χ0v) is 10.9. The Bertz CT molecular complexity index is 594. The van der Waals surface area contributed by atoms with E-state index >= 15 is 0 Å². The standard InChI is InChI=1S/C13H12ClNO4/c1-18-11-3-2-9(6-10(11)14)15-7-8-4-5-19-12(8)13(16)17/h2-6,15H,7H2,1H3,(H,16,17). The van der Waals surface area contributed by atoms with Crippen LogP contribution < -0.4 is 10.1 Å². The van der Waals surface area contributed by atoms with E-state index in [1.807, 2.05) is 0 Å². The lowest BCUT2D eigenvalue weighted by atomic mass is 10.2. The van der Waals surface area contributed by atoms with Crippen LogP contribution in [0.3, 0.4) is 0 Å². The van der Waals surface area contributed by atoms with Crippen LogP contribution in [-0.2, 0) is 6.54 Å². The van der Waals surface area contributed by atoms with Crippen LogP contribution in [0.4, 0.5) is 5.69 Å². The molecular formula is C13H12ClNO4. The lowest BCUT2D eigenvalue weighted by Crippen LogP contribution is -2.04. The van der Waals surface area contributed by atoms with Gasteiger partial charge in [0.15, 0.2) is 0 Å². The van der Waals surface area contributed by atoms with Crippen LogP contribution in [-0.4, -0.2) is 18.2 Å². The van der Waals surface area contributed by atoms with Gasteiger partial charge in [0.25, 0.3) is 0 Å². The lowest BCUT2D eigenvalue weighted by molar-refractivity contribution is 0.0661. The van der Waals surface area contributed by atoms with Gasteiger partial charge in [-0.15, -0.1) is 0 Å². The second kappa shape index (κ2) is 5.67. The summed E-state index contributed by atoms with van der Waals surface area (Å²) in [5.41, 5.74) is 1.34. The van der Waals surface area contributed by atoms with Crippen molar-refractivity contribution in [2.24, 2.45) is 0 Å². The number of nitrogens with one attached hydrogen (secondary N) is 1. The van der Waals surface area contributed by atoms with E-state index in [1.165, 1.54) is 6.26 Å². The summed E-state index contributed by atoms with van der Waals surface area (Å²) >= 11 is 5.99. The van der Waals surface area contributed by atoms with Crippen LogP contribution in [0.1, 0.15) is 16.1 Å². The van der Waals surface area contributed by atoms with Crippen LogP contribution in [0.2, 0.25) is 5.02 Å². The zero-order valence-electron chi connectivity index (χ0n) is 10.1. The number of benzene rings is 1. The third-order valence-electron chi connectivity index (χ3n) is 2.58. The molecule has 0 saturated carbocycles. The van der Waals surface area contributed by atoms with Crippen molar-refractivity contribution in [1.82, 2.24) is 0 Å². The topological polar surface area (TPSA) is 71.7 Å². The summed E-state index contributed by atoms with van der Waals surface area (Å²) in [5, 5.41) is 12.5. The summed E-state index contributed by atoms with van der Waals surface area (Å²) in [6.07, 6.45) is 1.35. The van der Waals surface area contributed by atoms with Crippen molar-refractivity contribution in [2.75, 3.05) is 12.4 Å². The SMILES string of the molecule is COc1ccc(NCc2ccoc2C(=O)O)cc1Cl. The van der Waals surface area contributed by atoms with Gasteiger partial charge in [0.2, 0.25) is 5.76 Å². The fraction of sp³-hybridized carbons (Fsp3) is 0.154. The number of halogens is 1. The van der Waals surface area contributed by atoms with E-state index in [2.05, 4.69) is 5.32 Å². The number of hydrogen-bond acceptors (Lipinski definition) is 4. The van der Waals surface area contributed by atoms with Crippen LogP contribution in [0.25, 0.3) is 0 Å². The molecule has 2 N–H and O–H groups in total. The molecule has 0 radical (unpaired) electrons. The molecular weight excluding hydrogens is 270 g/mol. The summed E-state index contributed by atoms with van der Waals surface area (Å²) < 4.78 is 9.94. The van der Waals surface area contributed by atoms with E-state index in [0.29, 0.717) is 22.9 Å². The van der Waals surface area contributed by atoms with E-state index in [4.69, 9.17) is 25.9 Å². The molecule has 0 amide bonds. The number of methoxy groups -OCH3 is 1. The van der Waals surface area contributed by atoms with Crippen molar-refractivity contribution in [3.05, 3.63) is 46.9 Å². The molecule has 0 aliphatic rings. The first-order chi connectivity index (χ1) is 9.11. The maximum atomic E-state index is 10.9. The zero-order chi connectivity index (χ0) is 13.8. The summed E-state index contributed by atoms with van der Waals surface area (Å²) in [7, 11) is 1.54. The van der Waals surface area contributed by atoms with Gasteiger partial charge in [0.1, 0.15) is 5.75 Å². The highest BCUT2D eigenvalue weighted by Gasteiger charge is 2.13. The molecule has 1 heterocycles. The van der Waals surface area contributed by atoms with Crippen molar-refractivity contribution in [3.63, 3.8) is 0 Å². The van der Waals surface area contributed by atoms with Gasteiger partial charge in [-0.05, 0) is 24.3 Å². The highest BCUT2D eigenvalue weighted by Crippen LogP contribution is 2.27. The minimum atomic E-state index is -1.09. The first-order valence-electron chi connectivity index (χ1n) is 5.49. The van der Waals surface area contributed by atoms with Crippen LogP contribution in [0.5, 0.6) is 5.75 Å². The number of rotatable bonds is 5. The minimum absolute atomic E-state index is 0.0629. The molecule has 0 atom stereocenters. The maximum Gasteiger partial charge on any atom is 0.372 e. The molecule has 0 fully saturated rings. The maximum absolute atomic E-state index is 10.9. The van der Waals surface area contributed by atoms with E-state index in [1.54, 1.807) is 31.4 Å². The molecule has 100 valence electrons. The monoisotopic (exact) mass is 281 g/mol. The molecule has 1 aromatic carbocycles. The number of carboxylic acids is 1. The number of furan rings is 1. The molecule has 0 unspecified atom stereocenters. The Morgan fingerprint density at radius 3 is 2.89 bits per heavy atom. The number of aromatic carboxylic acids is 1. The van der Waals surface area contributed by atoms with E-state index in [0.717, 1.165) is 5.69 Å². The van der Waals surface area contributed by atoms with Crippen LogP contribution in [0, 0.1) is 0 Å². The van der Waals surface area contributed by atoms with E-state index in [-0.39, 0.29) is 5.76 Å². The van der Waals surface area contributed by atoms with Crippen molar-refractivity contribution < 1.29 is 19.1 Å². The molecule has 6 heteroatoms. The quantitative estimate of drug-likeness (QED) is 0.880. The van der Waals surface area contributed by atoms with Gasteiger partial charge in [-0.2, -0.15) is 0 Å². The number of hydrogen-bond donors (Lipinski definition) is 2. The largest absolute Gasteiger partial charge is 0.495 e. The molecule has 1 aromatic heterocycles. The van der Waals surface area contributed by atoms with Crippen LogP contribution >= 0.6 is 11.6 Å². The summed E-state index contributed by atoms with van der Waals surface area (Å²) in [5.74, 6) is -0.566. The third kappa shape index (κ3) is 3.00. The first kappa shape index (κ1) is 13.3. The summed E-state index contributed by atoms with van der Waals surface area (Å²) in [6.45, 7) is 0.334. The Labute approximate surface area is 114 Å². The van der Waals surface area contributed by atoms with Gasteiger partial charge in [0, 0.05) is 17.8 Å². The molecule has 0 spiro atoms. The fourth-order valence-electron chi connectivity index (χ4n) is 1.64. The van der Waals surface area contributed by atoms with Gasteiger partial charge in [-0.3, -0.25) is 0 Å². The Hall–Kier alpha value is -2.14. The molecule has 0 aliphatic carbocycles. The van der Waals surface area contributed by atoms with E-state index < -0.39 is 5.97 Å². The predicted molar refractivity (Wildman–Crippen MR) is 71.0 cm³/mol. The highest BCUT2D eigenvalue weighted by molar-refractivity contribution is 6.32. The number of carbonyl (C=O) groups is 1. The Kier molecular flexibility index (Phi) is 3.97. The smallest absolute Gasteiger partial charge is 0.372 e.